The molecule has 0 spiro atoms. The van der Waals surface area contributed by atoms with Crippen LogP contribution in [0.15, 0.2) is 22.7 Å². The van der Waals surface area contributed by atoms with Gasteiger partial charge in [0.2, 0.25) is 0 Å². The van der Waals surface area contributed by atoms with Crippen LogP contribution in [0, 0.1) is 0 Å². The highest BCUT2D eigenvalue weighted by molar-refractivity contribution is 9.10. The molecule has 1 aromatic carbocycles. The van der Waals surface area contributed by atoms with Gasteiger partial charge >= 0.3 is 6.18 Å². The van der Waals surface area contributed by atoms with E-state index in [1.807, 2.05) is 0 Å². The Balaban J connectivity index is 3.19. The second kappa shape index (κ2) is 3.90. The number of benzene rings is 1. The molecule has 14 heavy (non-hydrogen) atoms. The van der Waals surface area contributed by atoms with E-state index in [4.69, 9.17) is 11.6 Å². The number of ketones is 1. The molecule has 0 atom stereocenters. The van der Waals surface area contributed by atoms with E-state index in [-0.39, 0.29) is 5.02 Å². The lowest BCUT2D eigenvalue weighted by Gasteiger charge is -2.06. The molecule has 0 aliphatic heterocycles. The monoisotopic (exact) mass is 286 g/mol. The van der Waals surface area contributed by atoms with E-state index in [0.717, 1.165) is 6.07 Å². The van der Waals surface area contributed by atoms with E-state index in [0.29, 0.717) is 4.47 Å². The quantitative estimate of drug-likeness (QED) is 0.717. The standard InChI is InChI=1S/C8H3BrClF3O/c9-4-1-2-6(10)5(3-4)7(14)8(11,12)13/h1-3H. The average molecular weight is 287 g/mol. The van der Waals surface area contributed by atoms with Gasteiger partial charge in [-0.25, -0.2) is 0 Å². The Kier molecular flexibility index (Phi) is 3.21. The van der Waals surface area contributed by atoms with Crippen LogP contribution in [0.25, 0.3) is 0 Å². The number of carbonyl (C=O) groups is 1. The third-order valence-electron chi connectivity index (χ3n) is 1.43. The Morgan fingerprint density at radius 3 is 2.43 bits per heavy atom. The van der Waals surface area contributed by atoms with Gasteiger partial charge in [-0.3, -0.25) is 4.79 Å². The predicted octanol–water partition coefficient (Wildman–Crippen LogP) is 3.85. The van der Waals surface area contributed by atoms with Crippen LogP contribution in [0.3, 0.4) is 0 Å². The lowest BCUT2D eigenvalue weighted by Crippen LogP contribution is -2.23. The number of hydrogen-bond acceptors (Lipinski definition) is 1. The Hall–Kier alpha value is -0.550. The van der Waals surface area contributed by atoms with Gasteiger partial charge in [0.25, 0.3) is 5.78 Å². The first kappa shape index (κ1) is 11.5. The molecule has 0 saturated carbocycles. The van der Waals surface area contributed by atoms with Gasteiger partial charge in [-0.05, 0) is 18.2 Å². The fourth-order valence-corrected chi connectivity index (χ4v) is 1.39. The highest BCUT2D eigenvalue weighted by Crippen LogP contribution is 2.28. The van der Waals surface area contributed by atoms with Gasteiger partial charge in [0, 0.05) is 10.0 Å². The Morgan fingerprint density at radius 2 is 1.93 bits per heavy atom. The summed E-state index contributed by atoms with van der Waals surface area (Å²) in [5, 5.41) is -0.212. The van der Waals surface area contributed by atoms with Crippen LogP contribution >= 0.6 is 27.5 Å². The van der Waals surface area contributed by atoms with Crippen molar-refractivity contribution in [1.29, 1.82) is 0 Å². The Bertz CT molecular complexity index is 375. The van der Waals surface area contributed by atoms with Crippen molar-refractivity contribution in [1.82, 2.24) is 0 Å². The first-order chi connectivity index (χ1) is 6.32. The second-order valence-electron chi connectivity index (χ2n) is 2.45. The highest BCUT2D eigenvalue weighted by atomic mass is 79.9. The molecule has 0 unspecified atom stereocenters. The van der Waals surface area contributed by atoms with Crippen molar-refractivity contribution in [2.24, 2.45) is 0 Å². The maximum Gasteiger partial charge on any atom is 0.454 e. The maximum absolute atomic E-state index is 12.0. The van der Waals surface area contributed by atoms with Gasteiger partial charge in [0.15, 0.2) is 0 Å². The summed E-state index contributed by atoms with van der Waals surface area (Å²) in [7, 11) is 0. The first-order valence-electron chi connectivity index (χ1n) is 3.39. The summed E-state index contributed by atoms with van der Waals surface area (Å²) in [6.45, 7) is 0. The Labute approximate surface area is 91.0 Å². The minimum Gasteiger partial charge on any atom is -0.284 e. The van der Waals surface area contributed by atoms with Crippen LogP contribution in [-0.4, -0.2) is 12.0 Å². The van der Waals surface area contributed by atoms with Gasteiger partial charge in [0.05, 0.1) is 5.02 Å². The van der Waals surface area contributed by atoms with Crippen LogP contribution in [-0.2, 0) is 0 Å². The number of alkyl halides is 3. The van der Waals surface area contributed by atoms with E-state index in [1.54, 1.807) is 0 Å². The summed E-state index contributed by atoms with van der Waals surface area (Å²) in [5.41, 5.74) is -0.548. The molecule has 0 bridgehead atoms. The zero-order chi connectivity index (χ0) is 10.9. The van der Waals surface area contributed by atoms with Crippen molar-refractivity contribution in [2.45, 2.75) is 6.18 Å². The van der Waals surface area contributed by atoms with Crippen molar-refractivity contribution < 1.29 is 18.0 Å². The maximum atomic E-state index is 12.0. The summed E-state index contributed by atoms with van der Waals surface area (Å²) >= 11 is 8.41. The molecule has 0 radical (unpaired) electrons. The molecule has 0 saturated heterocycles. The predicted molar refractivity (Wildman–Crippen MR) is 49.5 cm³/mol. The van der Waals surface area contributed by atoms with Crippen LogP contribution < -0.4 is 0 Å². The molecular formula is C8H3BrClF3O. The molecule has 0 aliphatic rings. The van der Waals surface area contributed by atoms with Crippen LogP contribution in [0.1, 0.15) is 10.4 Å². The zero-order valence-corrected chi connectivity index (χ0v) is 8.87. The normalized spacial score (nSPS) is 11.5. The van der Waals surface area contributed by atoms with Crippen molar-refractivity contribution in [3.05, 3.63) is 33.3 Å². The van der Waals surface area contributed by atoms with Crippen LogP contribution in [0.4, 0.5) is 13.2 Å². The number of rotatable bonds is 1. The Morgan fingerprint density at radius 1 is 1.36 bits per heavy atom. The second-order valence-corrected chi connectivity index (χ2v) is 3.77. The fraction of sp³-hybridized carbons (Fsp3) is 0.125. The largest absolute Gasteiger partial charge is 0.454 e. The molecule has 1 rings (SSSR count). The third-order valence-corrected chi connectivity index (χ3v) is 2.25. The molecule has 0 aromatic heterocycles. The van der Waals surface area contributed by atoms with Gasteiger partial charge in [-0.2, -0.15) is 13.2 Å². The molecule has 76 valence electrons. The molecule has 6 heteroatoms. The summed E-state index contributed by atoms with van der Waals surface area (Å²) in [4.78, 5) is 10.8. The number of Topliss-reactive ketones (excluding diaryl/α,β-unsaturated/α-hetero) is 1. The average Bonchev–Trinajstić information content (AvgIpc) is 2.06. The number of hydrogen-bond donors (Lipinski definition) is 0. The fourth-order valence-electron chi connectivity index (χ4n) is 0.824. The van der Waals surface area contributed by atoms with E-state index >= 15 is 0 Å². The topological polar surface area (TPSA) is 17.1 Å². The van der Waals surface area contributed by atoms with Gasteiger partial charge in [-0.1, -0.05) is 27.5 Å². The minimum absolute atomic E-state index is 0.212. The smallest absolute Gasteiger partial charge is 0.284 e. The van der Waals surface area contributed by atoms with Crippen LogP contribution in [0.5, 0.6) is 0 Å². The van der Waals surface area contributed by atoms with E-state index < -0.39 is 17.5 Å². The van der Waals surface area contributed by atoms with Crippen LogP contribution in [0.2, 0.25) is 5.02 Å². The summed E-state index contributed by atoms with van der Waals surface area (Å²) in [6.07, 6.45) is -4.90. The molecule has 1 nitrogen and oxygen atoms in total. The van der Waals surface area contributed by atoms with Gasteiger partial charge in [0.1, 0.15) is 0 Å². The summed E-state index contributed by atoms with van der Waals surface area (Å²) < 4.78 is 36.4. The lowest BCUT2D eigenvalue weighted by atomic mass is 10.1. The van der Waals surface area contributed by atoms with Crippen molar-refractivity contribution >= 4 is 33.3 Å². The first-order valence-corrected chi connectivity index (χ1v) is 4.56. The SMILES string of the molecule is O=C(c1cc(Br)ccc1Cl)C(F)(F)F. The van der Waals surface area contributed by atoms with Gasteiger partial charge in [-0.15, -0.1) is 0 Å². The van der Waals surface area contributed by atoms with Crippen molar-refractivity contribution in [3.63, 3.8) is 0 Å². The molecule has 0 amide bonds. The summed E-state index contributed by atoms with van der Waals surface area (Å²) in [5.74, 6) is -1.94. The van der Waals surface area contributed by atoms with E-state index in [9.17, 15) is 18.0 Å². The van der Waals surface area contributed by atoms with E-state index in [1.165, 1.54) is 12.1 Å². The molecular weight excluding hydrogens is 284 g/mol. The molecule has 1 aromatic rings. The van der Waals surface area contributed by atoms with E-state index in [2.05, 4.69) is 15.9 Å². The third kappa shape index (κ3) is 2.48. The number of halogens is 5. The molecule has 0 heterocycles. The summed E-state index contributed by atoms with van der Waals surface area (Å²) in [6, 6.07) is 3.72. The molecule has 0 aliphatic carbocycles. The molecule has 0 N–H and O–H groups in total. The van der Waals surface area contributed by atoms with Crippen molar-refractivity contribution in [3.8, 4) is 0 Å². The number of carbonyl (C=O) groups excluding carboxylic acids is 1. The highest BCUT2D eigenvalue weighted by Gasteiger charge is 2.40. The lowest BCUT2D eigenvalue weighted by molar-refractivity contribution is -0.0885. The molecule has 0 fully saturated rings. The van der Waals surface area contributed by atoms with Gasteiger partial charge < -0.3 is 0 Å². The minimum atomic E-state index is -4.90. The van der Waals surface area contributed by atoms with Crippen molar-refractivity contribution in [2.75, 3.05) is 0 Å². The zero-order valence-electron chi connectivity index (χ0n) is 6.53.